The van der Waals surface area contributed by atoms with Crippen molar-refractivity contribution in [3.63, 3.8) is 0 Å². The maximum Gasteiger partial charge on any atom is 0.381 e. The van der Waals surface area contributed by atoms with E-state index >= 15 is 0 Å². The van der Waals surface area contributed by atoms with E-state index in [1.54, 1.807) is 0 Å². The number of hydrogen-bond donors (Lipinski definition) is 1. The van der Waals surface area contributed by atoms with Gasteiger partial charge in [-0.3, -0.25) is 0 Å². The van der Waals surface area contributed by atoms with Gasteiger partial charge >= 0.3 is 23.7 Å². The summed E-state index contributed by atoms with van der Waals surface area (Å²) in [6.45, 7) is 0.609. The van der Waals surface area contributed by atoms with Crippen LogP contribution in [0.1, 0.15) is 18.9 Å². The van der Waals surface area contributed by atoms with Gasteiger partial charge in [0.05, 0.1) is 5.60 Å². The van der Waals surface area contributed by atoms with Crippen LogP contribution in [0.3, 0.4) is 0 Å². The number of benzene rings is 1. The van der Waals surface area contributed by atoms with E-state index in [1.165, 1.54) is 37.2 Å². The molecule has 0 heterocycles. The van der Waals surface area contributed by atoms with Crippen LogP contribution in [0.5, 0.6) is 0 Å². The number of halogens is 9. The third kappa shape index (κ3) is 2.46. The second-order valence-corrected chi connectivity index (χ2v) is 6.96. The van der Waals surface area contributed by atoms with Gasteiger partial charge in [0.1, 0.15) is 0 Å². The van der Waals surface area contributed by atoms with E-state index in [-0.39, 0.29) is 11.3 Å². The molecule has 0 radical (unpaired) electrons. The summed E-state index contributed by atoms with van der Waals surface area (Å²) < 4.78 is 124. The van der Waals surface area contributed by atoms with Crippen molar-refractivity contribution < 1.29 is 44.6 Å². The molecule has 0 aliphatic heterocycles. The lowest BCUT2D eigenvalue weighted by Crippen LogP contribution is -2.57. The molecule has 1 unspecified atom stereocenters. The zero-order valence-corrected chi connectivity index (χ0v) is 14.3. The Kier molecular flexibility index (Phi) is 4.55. The van der Waals surface area contributed by atoms with E-state index in [9.17, 15) is 44.6 Å². The molecule has 1 aliphatic rings. The fourth-order valence-electron chi connectivity index (χ4n) is 3.20. The molecule has 0 bridgehead atoms. The average Bonchev–Trinajstić information content (AvgIpc) is 2.57. The molecule has 1 aromatic carbocycles. The number of nitrogens with zero attached hydrogens (tertiary/aromatic N) is 1. The molecular formula is C16H16F9NO. The zero-order chi connectivity index (χ0) is 21.3. The van der Waals surface area contributed by atoms with Crippen molar-refractivity contribution in [3.8, 4) is 0 Å². The van der Waals surface area contributed by atoms with Crippen LogP contribution in [0.4, 0.5) is 45.2 Å². The summed E-state index contributed by atoms with van der Waals surface area (Å²) in [7, 11) is 2.84. The Labute approximate surface area is 148 Å². The van der Waals surface area contributed by atoms with Crippen LogP contribution >= 0.6 is 0 Å². The first-order valence-electron chi connectivity index (χ1n) is 7.58. The summed E-state index contributed by atoms with van der Waals surface area (Å²) in [5.74, 6) is -26.2. The molecule has 11 heteroatoms. The third-order valence-electron chi connectivity index (χ3n) is 4.73. The standard InChI is InChI=1S/C16H16F9NO/c1-11(27,9-6-4-5-7-10(9)26(2)3)8-12(17)13(18,19)15(22,23)16(24,25)14(12,20)21/h4-7,27H,8H2,1-3H3. The van der Waals surface area contributed by atoms with Crippen LogP contribution in [0.15, 0.2) is 24.3 Å². The van der Waals surface area contributed by atoms with Crippen LogP contribution in [-0.4, -0.2) is 48.6 Å². The van der Waals surface area contributed by atoms with E-state index in [1.807, 2.05) is 0 Å². The summed E-state index contributed by atoms with van der Waals surface area (Å²) >= 11 is 0. The Morgan fingerprint density at radius 2 is 1.22 bits per heavy atom. The Morgan fingerprint density at radius 1 is 0.815 bits per heavy atom. The SMILES string of the molecule is CN(C)c1ccccc1C(C)(O)CC1(F)C(F)(F)C(F)(F)C(F)(F)C1(F)F. The summed E-state index contributed by atoms with van der Waals surface area (Å²) in [6, 6.07) is 5.03. The highest BCUT2D eigenvalue weighted by molar-refractivity contribution is 5.55. The Bertz CT molecular complexity index is 704. The van der Waals surface area contributed by atoms with Crippen molar-refractivity contribution in [2.45, 2.75) is 48.3 Å². The molecule has 27 heavy (non-hydrogen) atoms. The van der Waals surface area contributed by atoms with Crippen molar-refractivity contribution in [2.24, 2.45) is 0 Å². The minimum absolute atomic E-state index is 0.0641. The fraction of sp³-hybridized carbons (Fsp3) is 0.625. The molecule has 154 valence electrons. The van der Waals surface area contributed by atoms with Gasteiger partial charge in [0.25, 0.3) is 5.67 Å². The Hall–Kier alpha value is -1.65. The lowest BCUT2D eigenvalue weighted by Gasteiger charge is -2.38. The molecule has 0 aromatic heterocycles. The zero-order valence-electron chi connectivity index (χ0n) is 14.3. The predicted octanol–water partition coefficient (Wildman–Crippen LogP) is 4.61. The van der Waals surface area contributed by atoms with Crippen LogP contribution in [0, 0.1) is 0 Å². The minimum Gasteiger partial charge on any atom is -0.385 e. The second-order valence-electron chi connectivity index (χ2n) is 6.96. The molecule has 2 nitrogen and oxygen atoms in total. The van der Waals surface area contributed by atoms with E-state index in [0.717, 1.165) is 6.07 Å². The first kappa shape index (κ1) is 21.6. The molecule has 1 saturated carbocycles. The number of hydrogen-bond acceptors (Lipinski definition) is 2. The number of alkyl halides is 9. The molecule has 0 spiro atoms. The van der Waals surface area contributed by atoms with Crippen molar-refractivity contribution in [2.75, 3.05) is 19.0 Å². The smallest absolute Gasteiger partial charge is 0.381 e. The van der Waals surface area contributed by atoms with Gasteiger partial charge in [-0.25, -0.2) is 4.39 Å². The highest BCUT2D eigenvalue weighted by Crippen LogP contribution is 2.71. The summed E-state index contributed by atoms with van der Waals surface area (Å²) in [4.78, 5) is 1.31. The number of rotatable bonds is 4. The molecule has 1 N–H and O–H groups in total. The topological polar surface area (TPSA) is 23.5 Å². The van der Waals surface area contributed by atoms with Gasteiger partial charge in [-0.1, -0.05) is 18.2 Å². The normalized spacial score (nSPS) is 26.4. The number of anilines is 1. The lowest BCUT2D eigenvalue weighted by molar-refractivity contribution is -0.303. The van der Waals surface area contributed by atoms with Gasteiger partial charge in [0.15, 0.2) is 0 Å². The second kappa shape index (κ2) is 5.68. The van der Waals surface area contributed by atoms with E-state index < -0.39 is 41.4 Å². The molecule has 1 aromatic rings. The first-order chi connectivity index (χ1) is 11.9. The Balaban J connectivity index is 2.64. The molecule has 1 aliphatic carbocycles. The molecule has 1 fully saturated rings. The van der Waals surface area contributed by atoms with Gasteiger partial charge in [-0.15, -0.1) is 0 Å². The van der Waals surface area contributed by atoms with E-state index in [0.29, 0.717) is 6.92 Å². The molecular weight excluding hydrogens is 393 g/mol. The average molecular weight is 409 g/mol. The molecule has 0 saturated heterocycles. The van der Waals surface area contributed by atoms with Gasteiger partial charge in [0.2, 0.25) is 0 Å². The fourth-order valence-corrected chi connectivity index (χ4v) is 3.20. The van der Waals surface area contributed by atoms with Crippen molar-refractivity contribution >= 4 is 5.69 Å². The van der Waals surface area contributed by atoms with E-state index in [2.05, 4.69) is 0 Å². The number of para-hydroxylation sites is 1. The first-order valence-corrected chi connectivity index (χ1v) is 7.58. The highest BCUT2D eigenvalue weighted by atomic mass is 19.4. The monoisotopic (exact) mass is 409 g/mol. The van der Waals surface area contributed by atoms with Crippen LogP contribution in [0.2, 0.25) is 0 Å². The quantitative estimate of drug-likeness (QED) is 0.735. The van der Waals surface area contributed by atoms with E-state index in [4.69, 9.17) is 0 Å². The maximum absolute atomic E-state index is 14.7. The minimum atomic E-state index is -6.66. The van der Waals surface area contributed by atoms with Gasteiger partial charge in [-0.05, 0) is 13.0 Å². The molecule has 1 atom stereocenters. The molecule has 0 amide bonds. The van der Waals surface area contributed by atoms with Crippen LogP contribution in [0.25, 0.3) is 0 Å². The lowest BCUT2D eigenvalue weighted by atomic mass is 9.79. The third-order valence-corrected chi connectivity index (χ3v) is 4.73. The van der Waals surface area contributed by atoms with Crippen LogP contribution < -0.4 is 4.90 Å². The highest BCUT2D eigenvalue weighted by Gasteiger charge is 3.00. The Morgan fingerprint density at radius 3 is 1.63 bits per heavy atom. The summed E-state index contributed by atoms with van der Waals surface area (Å²) in [6.07, 6.45) is -2.39. The van der Waals surface area contributed by atoms with Gasteiger partial charge in [-0.2, -0.15) is 35.1 Å². The van der Waals surface area contributed by atoms with Crippen LogP contribution in [-0.2, 0) is 5.60 Å². The predicted molar refractivity (Wildman–Crippen MR) is 78.6 cm³/mol. The van der Waals surface area contributed by atoms with Crippen molar-refractivity contribution in [1.29, 1.82) is 0 Å². The maximum atomic E-state index is 14.7. The summed E-state index contributed by atoms with van der Waals surface area (Å²) in [5.41, 5.74) is -8.93. The van der Waals surface area contributed by atoms with Gasteiger partial charge < -0.3 is 10.0 Å². The molecule has 2 rings (SSSR count). The van der Waals surface area contributed by atoms with Crippen molar-refractivity contribution in [3.05, 3.63) is 29.8 Å². The van der Waals surface area contributed by atoms with Gasteiger partial charge in [0, 0.05) is 31.8 Å². The largest absolute Gasteiger partial charge is 0.385 e. The summed E-state index contributed by atoms with van der Waals surface area (Å²) in [5, 5.41) is 10.4. The number of aliphatic hydroxyl groups is 1. The van der Waals surface area contributed by atoms with Crippen molar-refractivity contribution in [1.82, 2.24) is 0 Å².